The third-order valence-electron chi connectivity index (χ3n) is 3.20. The molecule has 0 saturated carbocycles. The lowest BCUT2D eigenvalue weighted by Crippen LogP contribution is -2.18. The van der Waals surface area contributed by atoms with Crippen molar-refractivity contribution in [3.05, 3.63) is 58.8 Å². The van der Waals surface area contributed by atoms with Crippen LogP contribution in [0.25, 0.3) is 11.1 Å². The molecule has 0 atom stereocenters. The smallest absolute Gasteiger partial charge is 0.410 e. The second kappa shape index (κ2) is 6.30. The third kappa shape index (κ3) is 2.98. The van der Waals surface area contributed by atoms with E-state index in [1.165, 1.54) is 6.07 Å². The van der Waals surface area contributed by atoms with Gasteiger partial charge in [-0.05, 0) is 18.2 Å². The SMILES string of the molecule is C#CCn1c(=O)oc2cc(F)c(NC(=O)Oc3ccccc3)cc21. The van der Waals surface area contributed by atoms with E-state index in [1.807, 2.05) is 0 Å². The second-order valence-corrected chi connectivity index (χ2v) is 4.79. The predicted molar refractivity (Wildman–Crippen MR) is 85.4 cm³/mol. The summed E-state index contributed by atoms with van der Waals surface area (Å²) >= 11 is 0. The zero-order valence-electron chi connectivity index (χ0n) is 12.3. The maximum Gasteiger partial charge on any atom is 0.420 e. The number of anilines is 1. The number of para-hydroxylation sites is 1. The maximum absolute atomic E-state index is 14.1. The number of fused-ring (bicyclic) bond motifs is 1. The molecule has 0 radical (unpaired) electrons. The molecule has 0 fully saturated rings. The summed E-state index contributed by atoms with van der Waals surface area (Å²) in [5.41, 5.74) is 0.152. The van der Waals surface area contributed by atoms with Crippen LogP contribution in [0.1, 0.15) is 0 Å². The average Bonchev–Trinajstić information content (AvgIpc) is 2.84. The molecule has 1 N–H and O–H groups in total. The first kappa shape index (κ1) is 15.4. The number of hydrogen-bond donors (Lipinski definition) is 1. The van der Waals surface area contributed by atoms with Crippen molar-refractivity contribution in [1.82, 2.24) is 4.57 Å². The van der Waals surface area contributed by atoms with Gasteiger partial charge in [0.15, 0.2) is 11.4 Å². The first-order valence-electron chi connectivity index (χ1n) is 6.88. The second-order valence-electron chi connectivity index (χ2n) is 4.79. The molecule has 0 bridgehead atoms. The molecule has 0 saturated heterocycles. The Morgan fingerprint density at radius 3 is 2.79 bits per heavy atom. The molecule has 0 aliphatic rings. The standard InChI is InChI=1S/C17H11FN2O4/c1-2-8-20-14-10-13(12(18)9-15(14)24-17(20)22)19-16(21)23-11-6-4-3-5-7-11/h1,3-7,9-10H,8H2,(H,19,21). The molecule has 1 amide bonds. The van der Waals surface area contributed by atoms with Crippen LogP contribution < -0.4 is 15.8 Å². The lowest BCUT2D eigenvalue weighted by molar-refractivity contribution is 0.215. The summed E-state index contributed by atoms with van der Waals surface area (Å²) in [6.07, 6.45) is 4.33. The number of oxazole rings is 1. The van der Waals surface area contributed by atoms with Gasteiger partial charge in [-0.25, -0.2) is 14.0 Å². The minimum Gasteiger partial charge on any atom is -0.410 e. The lowest BCUT2D eigenvalue weighted by Gasteiger charge is -2.08. The van der Waals surface area contributed by atoms with E-state index in [0.717, 1.165) is 10.6 Å². The van der Waals surface area contributed by atoms with Crippen molar-refractivity contribution in [2.45, 2.75) is 6.54 Å². The van der Waals surface area contributed by atoms with Crippen LogP contribution in [0.5, 0.6) is 5.75 Å². The Balaban J connectivity index is 1.90. The van der Waals surface area contributed by atoms with Crippen LogP contribution in [0.3, 0.4) is 0 Å². The van der Waals surface area contributed by atoms with Gasteiger partial charge in [-0.3, -0.25) is 9.88 Å². The molecule has 6 nitrogen and oxygen atoms in total. The number of ether oxygens (including phenoxy) is 1. The van der Waals surface area contributed by atoms with E-state index in [9.17, 15) is 14.0 Å². The molecular weight excluding hydrogens is 315 g/mol. The molecule has 1 heterocycles. The molecule has 24 heavy (non-hydrogen) atoms. The van der Waals surface area contributed by atoms with Gasteiger partial charge in [0.1, 0.15) is 5.75 Å². The fraction of sp³-hybridized carbons (Fsp3) is 0.0588. The molecule has 1 aromatic heterocycles. The van der Waals surface area contributed by atoms with Gasteiger partial charge in [0.05, 0.1) is 17.7 Å². The van der Waals surface area contributed by atoms with Crippen molar-refractivity contribution in [3.63, 3.8) is 0 Å². The number of nitrogens with one attached hydrogen (secondary N) is 1. The van der Waals surface area contributed by atoms with Crippen molar-refractivity contribution < 1.29 is 18.3 Å². The van der Waals surface area contributed by atoms with Crippen LogP contribution in [0.2, 0.25) is 0 Å². The Hall–Kier alpha value is -3.53. The van der Waals surface area contributed by atoms with Crippen LogP contribution in [0.15, 0.2) is 51.7 Å². The van der Waals surface area contributed by atoms with Crippen LogP contribution in [-0.2, 0) is 6.54 Å². The van der Waals surface area contributed by atoms with Gasteiger partial charge >= 0.3 is 11.8 Å². The average molecular weight is 326 g/mol. The van der Waals surface area contributed by atoms with E-state index in [4.69, 9.17) is 15.6 Å². The number of carbonyl (C=O) groups excluding carboxylic acids is 1. The lowest BCUT2D eigenvalue weighted by atomic mass is 10.2. The molecule has 7 heteroatoms. The van der Waals surface area contributed by atoms with Crippen molar-refractivity contribution in [2.75, 3.05) is 5.32 Å². The summed E-state index contributed by atoms with van der Waals surface area (Å²) in [5.74, 6) is 1.15. The monoisotopic (exact) mass is 326 g/mol. The number of amides is 1. The number of rotatable bonds is 3. The fourth-order valence-corrected chi connectivity index (χ4v) is 2.15. The first-order chi connectivity index (χ1) is 11.6. The third-order valence-corrected chi connectivity index (χ3v) is 3.20. The molecule has 0 aliphatic heterocycles. The Morgan fingerprint density at radius 2 is 2.08 bits per heavy atom. The summed E-state index contributed by atoms with van der Waals surface area (Å²) in [7, 11) is 0. The van der Waals surface area contributed by atoms with Gasteiger partial charge in [-0.15, -0.1) is 6.42 Å². The highest BCUT2D eigenvalue weighted by molar-refractivity contribution is 5.89. The van der Waals surface area contributed by atoms with Crippen LogP contribution in [0.4, 0.5) is 14.9 Å². The van der Waals surface area contributed by atoms with Crippen molar-refractivity contribution in [2.24, 2.45) is 0 Å². The minimum absolute atomic E-state index is 0.0363. The van der Waals surface area contributed by atoms with Crippen LogP contribution >= 0.6 is 0 Å². The van der Waals surface area contributed by atoms with E-state index in [1.54, 1.807) is 30.3 Å². The number of carbonyl (C=O) groups is 1. The van der Waals surface area contributed by atoms with Gasteiger partial charge in [0.2, 0.25) is 0 Å². The topological polar surface area (TPSA) is 73.5 Å². The Morgan fingerprint density at radius 1 is 1.33 bits per heavy atom. The normalized spacial score (nSPS) is 10.3. The summed E-state index contributed by atoms with van der Waals surface area (Å²) < 4.78 is 25.2. The zero-order valence-corrected chi connectivity index (χ0v) is 12.3. The quantitative estimate of drug-likeness (QED) is 0.751. The van der Waals surface area contributed by atoms with Crippen molar-refractivity contribution in [3.8, 4) is 18.1 Å². The Kier molecular flexibility index (Phi) is 4.03. The minimum atomic E-state index is -0.867. The van der Waals surface area contributed by atoms with Gasteiger partial charge < -0.3 is 9.15 Å². The van der Waals surface area contributed by atoms with Gasteiger partial charge in [-0.1, -0.05) is 24.1 Å². The van der Waals surface area contributed by atoms with Crippen LogP contribution in [-0.4, -0.2) is 10.7 Å². The van der Waals surface area contributed by atoms with Gasteiger partial charge in [0.25, 0.3) is 0 Å². The van der Waals surface area contributed by atoms with E-state index >= 15 is 0 Å². The summed E-state index contributed by atoms with van der Waals surface area (Å²) in [6, 6.07) is 10.6. The number of hydrogen-bond acceptors (Lipinski definition) is 4. The first-order valence-corrected chi connectivity index (χ1v) is 6.88. The molecule has 0 spiro atoms. The molecule has 0 aliphatic carbocycles. The van der Waals surface area contributed by atoms with E-state index in [2.05, 4.69) is 11.2 Å². The highest BCUT2D eigenvalue weighted by Gasteiger charge is 2.15. The van der Waals surface area contributed by atoms with E-state index < -0.39 is 17.7 Å². The summed E-state index contributed by atoms with van der Waals surface area (Å²) in [4.78, 5) is 23.5. The molecule has 3 rings (SSSR count). The Labute approximate surface area is 135 Å². The summed E-state index contributed by atoms with van der Waals surface area (Å²) in [5, 5.41) is 2.28. The van der Waals surface area contributed by atoms with Gasteiger partial charge in [-0.2, -0.15) is 0 Å². The Bertz CT molecular complexity index is 999. The molecule has 0 unspecified atom stereocenters. The number of nitrogens with zero attached hydrogens (tertiary/aromatic N) is 1. The van der Waals surface area contributed by atoms with Crippen LogP contribution in [0, 0.1) is 18.2 Å². The number of halogens is 1. The van der Waals surface area contributed by atoms with Crippen molar-refractivity contribution in [1.29, 1.82) is 0 Å². The largest absolute Gasteiger partial charge is 0.420 e. The van der Waals surface area contributed by atoms with Gasteiger partial charge in [0, 0.05) is 6.07 Å². The molecular formula is C17H11FN2O4. The highest BCUT2D eigenvalue weighted by atomic mass is 19.1. The molecule has 2 aromatic carbocycles. The van der Waals surface area contributed by atoms with E-state index in [-0.39, 0.29) is 23.3 Å². The number of terminal acetylenes is 1. The fourth-order valence-electron chi connectivity index (χ4n) is 2.15. The predicted octanol–water partition coefficient (Wildman–Crippen LogP) is 2.98. The van der Waals surface area contributed by atoms with Crippen molar-refractivity contribution >= 4 is 22.9 Å². The number of aromatic nitrogens is 1. The summed E-state index contributed by atoms with van der Waals surface area (Å²) in [6.45, 7) is -0.0363. The zero-order chi connectivity index (χ0) is 17.1. The number of benzene rings is 2. The van der Waals surface area contributed by atoms with E-state index in [0.29, 0.717) is 5.75 Å². The molecule has 120 valence electrons. The highest BCUT2D eigenvalue weighted by Crippen LogP contribution is 2.23. The maximum atomic E-state index is 14.1. The molecule has 3 aromatic rings.